The van der Waals surface area contributed by atoms with Gasteiger partial charge in [0.15, 0.2) is 5.58 Å². The number of imidazole rings is 1. The molecule has 0 aliphatic carbocycles. The summed E-state index contributed by atoms with van der Waals surface area (Å²) in [5, 5.41) is 1.65. The summed E-state index contributed by atoms with van der Waals surface area (Å²) in [5.41, 5.74) is 4.76. The summed E-state index contributed by atoms with van der Waals surface area (Å²) in [4.78, 5) is 4.28. The van der Waals surface area contributed by atoms with E-state index >= 15 is 0 Å². The van der Waals surface area contributed by atoms with Crippen LogP contribution in [0, 0.1) is 13.2 Å². The van der Waals surface area contributed by atoms with Crippen molar-refractivity contribution in [3.63, 3.8) is 0 Å². The van der Waals surface area contributed by atoms with Gasteiger partial charge in [0.2, 0.25) is 5.71 Å². The van der Waals surface area contributed by atoms with Crippen LogP contribution in [0.4, 0.5) is 0 Å². The molecule has 4 heteroatoms. The van der Waals surface area contributed by atoms with E-state index in [1.165, 1.54) is 6.07 Å². The van der Waals surface area contributed by atoms with Crippen molar-refractivity contribution in [1.82, 2.24) is 9.55 Å². The number of para-hydroxylation sites is 4. The second kappa shape index (κ2) is 6.04. The van der Waals surface area contributed by atoms with E-state index in [0.717, 1.165) is 33.2 Å². The van der Waals surface area contributed by atoms with Crippen LogP contribution in [0.1, 0.15) is 9.81 Å². The van der Waals surface area contributed by atoms with Gasteiger partial charge >= 0.3 is 0 Å². The molecule has 0 aliphatic heterocycles. The standard InChI is InChI=1S/C25H17N3O/c1-17-14-15-20-19-10-7-13-23(24(19)29-25(20)26-17)28-16-27(18-8-3-2-4-9-18)21-11-5-6-12-22(21)28/h2-15H,1H3/i1D3. The average Bonchev–Trinajstić information content (AvgIpc) is 3.37. The molecule has 0 unspecified atom stereocenters. The zero-order valence-electron chi connectivity index (χ0n) is 18.3. The van der Waals surface area contributed by atoms with E-state index in [2.05, 4.69) is 17.4 Å². The first-order valence-electron chi connectivity index (χ1n) is 10.8. The minimum absolute atomic E-state index is 0.0190. The Hall–Kier alpha value is -3.92. The van der Waals surface area contributed by atoms with Crippen molar-refractivity contribution in [2.75, 3.05) is 0 Å². The zero-order valence-corrected chi connectivity index (χ0v) is 15.3. The van der Waals surface area contributed by atoms with Gasteiger partial charge in [-0.2, -0.15) is 0 Å². The fourth-order valence-corrected chi connectivity index (χ4v) is 3.85. The summed E-state index contributed by atoms with van der Waals surface area (Å²) in [7, 11) is 0. The molecule has 0 bridgehead atoms. The Morgan fingerprint density at radius 1 is 0.897 bits per heavy atom. The van der Waals surface area contributed by atoms with Crippen LogP contribution in [0.15, 0.2) is 89.3 Å². The molecule has 3 aromatic carbocycles. The lowest BCUT2D eigenvalue weighted by Crippen LogP contribution is -2.29. The Bertz CT molecular complexity index is 1610. The van der Waals surface area contributed by atoms with E-state index in [0.29, 0.717) is 11.3 Å². The minimum Gasteiger partial charge on any atom is -0.441 e. The number of pyridine rings is 1. The zero-order chi connectivity index (χ0) is 21.9. The van der Waals surface area contributed by atoms with Crippen LogP contribution in [-0.2, 0) is 0 Å². The molecular weight excluding hydrogens is 358 g/mol. The predicted molar refractivity (Wildman–Crippen MR) is 113 cm³/mol. The number of furan rings is 1. The molecule has 0 aliphatic rings. The maximum atomic E-state index is 7.65. The fraction of sp³-hybridized carbons (Fsp3) is 0.0400. The van der Waals surface area contributed by atoms with Gasteiger partial charge in [0, 0.05) is 20.6 Å². The fourth-order valence-electron chi connectivity index (χ4n) is 3.85. The van der Waals surface area contributed by atoms with Gasteiger partial charge in [0.25, 0.3) is 6.33 Å². The molecule has 0 fully saturated rings. The van der Waals surface area contributed by atoms with Gasteiger partial charge < -0.3 is 4.42 Å². The maximum absolute atomic E-state index is 7.65. The minimum atomic E-state index is -2.29. The number of hydrogen-bond acceptors (Lipinski definition) is 2. The van der Waals surface area contributed by atoms with E-state index in [4.69, 9.17) is 8.53 Å². The molecule has 0 atom stereocenters. The second-order valence-electron chi connectivity index (χ2n) is 6.90. The van der Waals surface area contributed by atoms with E-state index in [-0.39, 0.29) is 5.69 Å². The second-order valence-corrected chi connectivity index (χ2v) is 6.90. The Balaban J connectivity index is 1.64. The Labute approximate surface area is 171 Å². The molecule has 4 nitrogen and oxygen atoms in total. The highest BCUT2D eigenvalue weighted by molar-refractivity contribution is 6.05. The molecule has 0 saturated heterocycles. The third-order valence-corrected chi connectivity index (χ3v) is 5.16. The van der Waals surface area contributed by atoms with Crippen molar-refractivity contribution < 1.29 is 13.1 Å². The largest absolute Gasteiger partial charge is 0.441 e. The molecule has 0 amide bonds. The molecule has 0 radical (unpaired) electrons. The summed E-state index contributed by atoms with van der Waals surface area (Å²) in [6.07, 6.45) is 3.46. The molecule has 3 aromatic heterocycles. The van der Waals surface area contributed by atoms with Gasteiger partial charge in [0.05, 0.1) is 16.7 Å². The molecule has 0 N–H and O–H groups in total. The molecule has 138 valence electrons. The van der Waals surface area contributed by atoms with E-state index in [1.54, 1.807) is 6.07 Å². The van der Waals surface area contributed by atoms with Crippen molar-refractivity contribution in [2.45, 2.75) is 6.85 Å². The summed E-state index contributed by atoms with van der Waals surface area (Å²) in [5.74, 6) is 0. The summed E-state index contributed by atoms with van der Waals surface area (Å²) in [6.45, 7) is -2.29. The maximum Gasteiger partial charge on any atom is 0.269 e. The quantitative estimate of drug-likeness (QED) is 0.302. The van der Waals surface area contributed by atoms with Crippen LogP contribution in [0.2, 0.25) is 0 Å². The van der Waals surface area contributed by atoms with E-state index in [1.807, 2.05) is 75.9 Å². The first-order chi connectivity index (χ1) is 15.5. The Morgan fingerprint density at radius 3 is 2.66 bits per heavy atom. The van der Waals surface area contributed by atoms with Crippen LogP contribution >= 0.6 is 0 Å². The van der Waals surface area contributed by atoms with E-state index < -0.39 is 6.85 Å². The third kappa shape index (κ3) is 2.39. The molecular formula is C25H17N3O. The van der Waals surface area contributed by atoms with Crippen molar-refractivity contribution in [3.8, 4) is 11.4 Å². The van der Waals surface area contributed by atoms with Gasteiger partial charge in [-0.05, 0) is 37.2 Å². The molecule has 0 saturated carbocycles. The number of hydrogen-bond donors (Lipinski definition) is 0. The summed E-state index contributed by atoms with van der Waals surface area (Å²) < 4.78 is 33.1. The van der Waals surface area contributed by atoms with Crippen LogP contribution in [0.25, 0.3) is 44.5 Å². The lowest BCUT2D eigenvalue weighted by Gasteiger charge is -2.03. The SMILES string of the molecule is [2H]C([2H])([2H])c1ccc2c(n1)oc1c(-[n+]3[c-]n(-c4ccccc4)c4ccccc43)cccc12. The van der Waals surface area contributed by atoms with Crippen LogP contribution in [0.5, 0.6) is 0 Å². The van der Waals surface area contributed by atoms with Gasteiger partial charge in [0.1, 0.15) is 5.69 Å². The molecule has 6 aromatic rings. The topological polar surface area (TPSA) is 34.8 Å². The van der Waals surface area contributed by atoms with Crippen molar-refractivity contribution in [2.24, 2.45) is 0 Å². The van der Waals surface area contributed by atoms with Gasteiger partial charge in [-0.25, -0.2) is 4.98 Å². The van der Waals surface area contributed by atoms with E-state index in [9.17, 15) is 0 Å². The average molecular weight is 378 g/mol. The Kier molecular flexibility index (Phi) is 2.77. The first-order valence-corrected chi connectivity index (χ1v) is 9.34. The molecule has 3 heterocycles. The smallest absolute Gasteiger partial charge is 0.269 e. The first kappa shape index (κ1) is 13.3. The number of aromatic nitrogens is 3. The molecule has 0 spiro atoms. The summed E-state index contributed by atoms with van der Waals surface area (Å²) in [6, 6.07) is 27.3. The van der Waals surface area contributed by atoms with Gasteiger partial charge in [-0.15, -0.1) is 0 Å². The van der Waals surface area contributed by atoms with Crippen LogP contribution < -0.4 is 4.57 Å². The van der Waals surface area contributed by atoms with Crippen molar-refractivity contribution >= 4 is 33.1 Å². The highest BCUT2D eigenvalue weighted by atomic mass is 16.3. The number of aryl methyl sites for hydroxylation is 1. The van der Waals surface area contributed by atoms with Crippen LogP contribution in [-0.4, -0.2) is 9.55 Å². The van der Waals surface area contributed by atoms with Crippen LogP contribution in [0.3, 0.4) is 0 Å². The van der Waals surface area contributed by atoms with Gasteiger partial charge in [-0.1, -0.05) is 54.6 Å². The normalized spacial score (nSPS) is 13.6. The number of benzene rings is 3. The highest BCUT2D eigenvalue weighted by Crippen LogP contribution is 2.31. The van der Waals surface area contributed by atoms with Gasteiger partial charge in [-0.3, -0.25) is 9.13 Å². The number of nitrogens with zero attached hydrogens (tertiary/aromatic N) is 3. The molecule has 29 heavy (non-hydrogen) atoms. The van der Waals surface area contributed by atoms with Crippen molar-refractivity contribution in [3.05, 3.63) is 97.0 Å². The highest BCUT2D eigenvalue weighted by Gasteiger charge is 2.17. The monoisotopic (exact) mass is 378 g/mol. The third-order valence-electron chi connectivity index (χ3n) is 5.16. The number of fused-ring (bicyclic) bond motifs is 4. The Morgan fingerprint density at radius 2 is 1.76 bits per heavy atom. The lowest BCUT2D eigenvalue weighted by molar-refractivity contribution is -0.571. The number of rotatable bonds is 2. The molecule has 6 rings (SSSR count). The van der Waals surface area contributed by atoms with Crippen molar-refractivity contribution in [1.29, 1.82) is 0 Å². The summed E-state index contributed by atoms with van der Waals surface area (Å²) >= 11 is 0. The lowest BCUT2D eigenvalue weighted by atomic mass is 10.1. The predicted octanol–water partition coefficient (Wildman–Crippen LogP) is 5.31.